The predicted molar refractivity (Wildman–Crippen MR) is 81.2 cm³/mol. The second kappa shape index (κ2) is 8.47. The van der Waals surface area contributed by atoms with Crippen LogP contribution in [-0.4, -0.2) is 11.2 Å². The van der Waals surface area contributed by atoms with Crippen molar-refractivity contribution < 1.29 is 5.11 Å². The molecular weight excluding hydrogens is 316 g/mol. The lowest BCUT2D eigenvalue weighted by Gasteiger charge is -2.20. The van der Waals surface area contributed by atoms with E-state index in [4.69, 9.17) is 40.5 Å². The maximum atomic E-state index is 9.94. The highest BCUT2D eigenvalue weighted by molar-refractivity contribution is 6.43. The van der Waals surface area contributed by atoms with Crippen LogP contribution in [0, 0.1) is 0 Å². The molecule has 0 radical (unpaired) electrons. The molecule has 2 atom stereocenters. The monoisotopic (exact) mass is 331 g/mol. The number of halogens is 4. The van der Waals surface area contributed by atoms with Crippen molar-refractivity contribution in [1.82, 2.24) is 0 Å². The summed E-state index contributed by atoms with van der Waals surface area (Å²) < 4.78 is 0. The van der Waals surface area contributed by atoms with E-state index < -0.39 is 12.1 Å². The van der Waals surface area contributed by atoms with E-state index in [0.29, 0.717) is 27.1 Å². The largest absolute Gasteiger partial charge is 0.391 e. The third kappa shape index (κ3) is 4.76. The Morgan fingerprint density at radius 1 is 1.28 bits per heavy atom. The number of unbranched alkanes of at least 4 members (excludes halogenated alkanes) is 1. The second-order valence-corrected chi connectivity index (χ2v) is 5.25. The van der Waals surface area contributed by atoms with E-state index in [2.05, 4.69) is 6.92 Å². The van der Waals surface area contributed by atoms with Gasteiger partial charge >= 0.3 is 0 Å². The van der Waals surface area contributed by atoms with E-state index in [-0.39, 0.29) is 12.4 Å². The lowest BCUT2D eigenvalue weighted by Crippen LogP contribution is -2.26. The topological polar surface area (TPSA) is 46.2 Å². The van der Waals surface area contributed by atoms with Crippen LogP contribution in [0.15, 0.2) is 12.1 Å². The summed E-state index contributed by atoms with van der Waals surface area (Å²) in [4.78, 5) is 0. The smallest absolute Gasteiger partial charge is 0.0733 e. The summed E-state index contributed by atoms with van der Waals surface area (Å²) in [7, 11) is 0. The minimum atomic E-state index is -0.637. The summed E-state index contributed by atoms with van der Waals surface area (Å²) in [5, 5.41) is 11.1. The Balaban J connectivity index is 0.00000289. The van der Waals surface area contributed by atoms with Gasteiger partial charge in [0.05, 0.1) is 22.2 Å². The molecule has 1 aromatic rings. The zero-order valence-corrected chi connectivity index (χ0v) is 13.1. The van der Waals surface area contributed by atoms with E-state index in [0.717, 1.165) is 12.8 Å². The van der Waals surface area contributed by atoms with Gasteiger partial charge in [0.1, 0.15) is 0 Å². The lowest BCUT2D eigenvalue weighted by atomic mass is 9.98. The molecule has 18 heavy (non-hydrogen) atoms. The molecule has 0 aliphatic rings. The number of hydrogen-bond donors (Lipinski definition) is 2. The normalized spacial score (nSPS) is 13.9. The molecule has 1 aromatic carbocycles. The number of aliphatic hydroxyl groups excluding tert-OH is 1. The van der Waals surface area contributed by atoms with Gasteiger partial charge in [0, 0.05) is 5.02 Å². The molecule has 0 spiro atoms. The molecule has 0 unspecified atom stereocenters. The lowest BCUT2D eigenvalue weighted by molar-refractivity contribution is 0.132. The molecule has 0 bridgehead atoms. The zero-order valence-electron chi connectivity index (χ0n) is 10.00. The summed E-state index contributed by atoms with van der Waals surface area (Å²) in [6, 6.07) is 2.64. The minimum absolute atomic E-state index is 0. The summed E-state index contributed by atoms with van der Waals surface area (Å²) >= 11 is 17.9. The molecule has 104 valence electrons. The number of rotatable bonds is 5. The Bertz CT molecular complexity index is 387. The van der Waals surface area contributed by atoms with Crippen molar-refractivity contribution in [1.29, 1.82) is 0 Å². The maximum Gasteiger partial charge on any atom is 0.0733 e. The first kappa shape index (κ1) is 18.3. The molecule has 0 saturated carbocycles. The fraction of sp³-hybridized carbons (Fsp3) is 0.500. The van der Waals surface area contributed by atoms with E-state index in [9.17, 15) is 5.11 Å². The van der Waals surface area contributed by atoms with E-state index in [1.807, 2.05) is 0 Å². The zero-order chi connectivity index (χ0) is 13.0. The van der Waals surface area contributed by atoms with Gasteiger partial charge in [0.2, 0.25) is 0 Å². The van der Waals surface area contributed by atoms with Crippen molar-refractivity contribution in [3.8, 4) is 0 Å². The van der Waals surface area contributed by atoms with Crippen LogP contribution < -0.4 is 5.73 Å². The first-order chi connectivity index (χ1) is 7.97. The predicted octanol–water partition coefficient (Wildman–Crippen LogP) is 4.62. The van der Waals surface area contributed by atoms with E-state index >= 15 is 0 Å². The summed E-state index contributed by atoms with van der Waals surface area (Å²) in [6.45, 7) is 2.06. The molecule has 0 amide bonds. The molecule has 1 rings (SSSR count). The highest BCUT2D eigenvalue weighted by atomic mass is 35.5. The quantitative estimate of drug-likeness (QED) is 0.773. The molecule has 0 aliphatic heterocycles. The second-order valence-electron chi connectivity index (χ2n) is 4.03. The van der Waals surface area contributed by atoms with Gasteiger partial charge in [-0.3, -0.25) is 0 Å². The molecule has 0 fully saturated rings. The van der Waals surface area contributed by atoms with Crippen molar-refractivity contribution in [3.05, 3.63) is 32.8 Å². The van der Waals surface area contributed by atoms with Gasteiger partial charge in [0.25, 0.3) is 0 Å². The Hall–Kier alpha value is 0.300. The van der Waals surface area contributed by atoms with Gasteiger partial charge in [-0.1, -0.05) is 54.6 Å². The van der Waals surface area contributed by atoms with Gasteiger partial charge in [-0.05, 0) is 24.1 Å². The van der Waals surface area contributed by atoms with Crippen LogP contribution in [0.25, 0.3) is 0 Å². The first-order valence-electron chi connectivity index (χ1n) is 5.55. The van der Waals surface area contributed by atoms with Gasteiger partial charge in [-0.15, -0.1) is 12.4 Å². The van der Waals surface area contributed by atoms with Crippen molar-refractivity contribution in [2.75, 3.05) is 0 Å². The highest BCUT2D eigenvalue weighted by Crippen LogP contribution is 2.34. The van der Waals surface area contributed by atoms with Crippen LogP contribution in [0.2, 0.25) is 15.1 Å². The van der Waals surface area contributed by atoms with Crippen LogP contribution in [0.1, 0.15) is 37.8 Å². The van der Waals surface area contributed by atoms with E-state index in [1.165, 1.54) is 0 Å². The molecule has 2 nitrogen and oxygen atoms in total. The summed E-state index contributed by atoms with van der Waals surface area (Å²) in [5.41, 5.74) is 6.56. The van der Waals surface area contributed by atoms with Crippen molar-refractivity contribution >= 4 is 47.2 Å². The molecule has 0 aliphatic carbocycles. The van der Waals surface area contributed by atoms with Crippen LogP contribution in [0.4, 0.5) is 0 Å². The van der Waals surface area contributed by atoms with Crippen molar-refractivity contribution in [3.63, 3.8) is 0 Å². The average Bonchev–Trinajstić information content (AvgIpc) is 2.29. The third-order valence-electron chi connectivity index (χ3n) is 2.65. The number of aliphatic hydroxyl groups is 1. The van der Waals surface area contributed by atoms with E-state index in [1.54, 1.807) is 12.1 Å². The first-order valence-corrected chi connectivity index (χ1v) is 6.68. The Morgan fingerprint density at radius 2 is 1.89 bits per heavy atom. The fourth-order valence-electron chi connectivity index (χ4n) is 1.62. The van der Waals surface area contributed by atoms with Crippen LogP contribution in [-0.2, 0) is 0 Å². The van der Waals surface area contributed by atoms with Gasteiger partial charge in [-0.25, -0.2) is 0 Å². The molecular formula is C12H17Cl4NO. The fourth-order valence-corrected chi connectivity index (χ4v) is 2.36. The van der Waals surface area contributed by atoms with Crippen molar-refractivity contribution in [2.24, 2.45) is 5.73 Å². The SMILES string of the molecule is CCCC[C@@H](O)[C@@H](N)c1cc(Cl)cc(Cl)c1Cl.Cl. The Kier molecular flexibility index (Phi) is 8.61. The van der Waals surface area contributed by atoms with Crippen LogP contribution >= 0.6 is 47.2 Å². The molecule has 0 saturated heterocycles. The Morgan fingerprint density at radius 3 is 2.44 bits per heavy atom. The van der Waals surface area contributed by atoms with Crippen LogP contribution in [0.5, 0.6) is 0 Å². The minimum Gasteiger partial charge on any atom is -0.391 e. The molecule has 6 heteroatoms. The maximum absolute atomic E-state index is 9.94. The molecule has 0 aromatic heterocycles. The van der Waals surface area contributed by atoms with Crippen molar-refractivity contribution in [2.45, 2.75) is 38.3 Å². The number of benzene rings is 1. The highest BCUT2D eigenvalue weighted by Gasteiger charge is 2.20. The molecule has 0 heterocycles. The Labute approximate surface area is 129 Å². The standard InChI is InChI=1S/C12H16Cl3NO.ClH/c1-2-3-4-10(17)12(16)8-5-7(13)6-9(14)11(8)15;/h5-6,10,12,17H,2-4,16H2,1H3;1H/t10-,12+;/m1./s1. The third-order valence-corrected chi connectivity index (χ3v) is 3.68. The van der Waals surface area contributed by atoms with Gasteiger partial charge < -0.3 is 10.8 Å². The molecule has 3 N–H and O–H groups in total. The number of nitrogens with two attached hydrogens (primary N) is 1. The summed E-state index contributed by atoms with van der Waals surface area (Å²) in [5.74, 6) is 0. The number of hydrogen-bond acceptors (Lipinski definition) is 2. The van der Waals surface area contributed by atoms with Gasteiger partial charge in [0.15, 0.2) is 0 Å². The summed E-state index contributed by atoms with van der Waals surface area (Å²) in [6.07, 6.45) is 1.93. The van der Waals surface area contributed by atoms with Crippen LogP contribution in [0.3, 0.4) is 0 Å². The average molecular weight is 333 g/mol. The van der Waals surface area contributed by atoms with Gasteiger partial charge in [-0.2, -0.15) is 0 Å².